The second-order valence-electron chi connectivity index (χ2n) is 6.36. The van der Waals surface area contributed by atoms with Crippen LogP contribution in [0.2, 0.25) is 0 Å². The Morgan fingerprint density at radius 2 is 1.88 bits per heavy atom. The number of allylic oxidation sites excluding steroid dienone is 1. The maximum Gasteiger partial charge on any atom is 0.337 e. The molecule has 2 aromatic carbocycles. The maximum atomic E-state index is 11.8. The fraction of sp³-hybridized carbons (Fsp3) is 0.190. The van der Waals surface area contributed by atoms with Crippen LogP contribution in [0.5, 0.6) is 0 Å². The minimum atomic E-state index is -0.879. The van der Waals surface area contributed by atoms with Crippen molar-refractivity contribution in [1.29, 1.82) is 0 Å². The molecule has 1 heterocycles. The van der Waals surface area contributed by atoms with Crippen LogP contribution in [0.4, 0.5) is 0 Å². The fourth-order valence-electron chi connectivity index (χ4n) is 3.82. The van der Waals surface area contributed by atoms with Crippen LogP contribution in [0.25, 0.3) is 16.5 Å². The van der Waals surface area contributed by atoms with E-state index in [2.05, 4.69) is 23.3 Å². The molecule has 0 saturated carbocycles. The van der Waals surface area contributed by atoms with Crippen molar-refractivity contribution >= 4 is 22.4 Å². The zero-order valence-corrected chi connectivity index (χ0v) is 13.5. The van der Waals surface area contributed by atoms with Crippen molar-refractivity contribution in [1.82, 2.24) is 4.57 Å². The fourth-order valence-corrected chi connectivity index (χ4v) is 3.82. The van der Waals surface area contributed by atoms with Crippen LogP contribution in [0.3, 0.4) is 0 Å². The van der Waals surface area contributed by atoms with Gasteiger partial charge in [0, 0.05) is 23.2 Å². The van der Waals surface area contributed by atoms with Gasteiger partial charge in [0.25, 0.3) is 0 Å². The first-order chi connectivity index (χ1) is 11.7. The van der Waals surface area contributed by atoms with Gasteiger partial charge in [-0.1, -0.05) is 49.0 Å². The zero-order chi connectivity index (χ0) is 16.7. The molecular weight excluding hydrogens is 298 g/mol. The second kappa shape index (κ2) is 5.68. The molecule has 0 saturated heterocycles. The quantitative estimate of drug-likeness (QED) is 0.758. The highest BCUT2D eigenvalue weighted by molar-refractivity contribution is 6.06. The summed E-state index contributed by atoms with van der Waals surface area (Å²) in [6.45, 7) is 4.92. The predicted molar refractivity (Wildman–Crippen MR) is 96.4 cm³/mol. The minimum absolute atomic E-state index is 0.366. The van der Waals surface area contributed by atoms with Crippen LogP contribution < -0.4 is 0 Å². The van der Waals surface area contributed by atoms with E-state index in [0.29, 0.717) is 12.1 Å². The van der Waals surface area contributed by atoms with E-state index in [0.717, 1.165) is 41.3 Å². The minimum Gasteiger partial charge on any atom is -0.478 e. The number of hydrogen-bond donors (Lipinski definition) is 1. The summed E-state index contributed by atoms with van der Waals surface area (Å²) in [4.78, 5) is 11.8. The predicted octanol–water partition coefficient (Wildman–Crippen LogP) is 4.74. The number of hydrogen-bond acceptors (Lipinski definition) is 1. The van der Waals surface area contributed by atoms with Gasteiger partial charge in [0.15, 0.2) is 0 Å². The van der Waals surface area contributed by atoms with Crippen molar-refractivity contribution in [2.45, 2.75) is 25.8 Å². The lowest BCUT2D eigenvalue weighted by Gasteiger charge is -2.18. The molecule has 0 unspecified atom stereocenters. The summed E-state index contributed by atoms with van der Waals surface area (Å²) in [6, 6.07) is 15.8. The molecule has 3 aromatic rings. The third-order valence-electron chi connectivity index (χ3n) is 4.85. The Kier molecular flexibility index (Phi) is 3.49. The summed E-state index contributed by atoms with van der Waals surface area (Å²) in [6.07, 6.45) is 3.02. The van der Waals surface area contributed by atoms with E-state index in [1.165, 1.54) is 11.3 Å². The summed E-state index contributed by atoms with van der Waals surface area (Å²) in [7, 11) is 0. The van der Waals surface area contributed by atoms with E-state index in [4.69, 9.17) is 0 Å². The first kappa shape index (κ1) is 14.8. The van der Waals surface area contributed by atoms with Crippen molar-refractivity contribution < 1.29 is 9.90 Å². The lowest BCUT2D eigenvalue weighted by molar-refractivity contribution is 0.0698. The van der Waals surface area contributed by atoms with Gasteiger partial charge in [-0.25, -0.2) is 4.79 Å². The smallest absolute Gasteiger partial charge is 0.337 e. The van der Waals surface area contributed by atoms with Crippen molar-refractivity contribution in [2.75, 3.05) is 0 Å². The number of benzene rings is 2. The third-order valence-corrected chi connectivity index (χ3v) is 4.85. The maximum absolute atomic E-state index is 11.8. The second-order valence-corrected chi connectivity index (χ2v) is 6.36. The Bertz CT molecular complexity index is 951. The van der Waals surface area contributed by atoms with Crippen molar-refractivity contribution in [3.63, 3.8) is 0 Å². The highest BCUT2D eigenvalue weighted by Gasteiger charge is 2.25. The third kappa shape index (κ3) is 2.24. The van der Waals surface area contributed by atoms with E-state index >= 15 is 0 Å². The Labute approximate surface area is 140 Å². The first-order valence-corrected chi connectivity index (χ1v) is 8.26. The lowest BCUT2D eigenvalue weighted by Crippen LogP contribution is -2.10. The van der Waals surface area contributed by atoms with E-state index < -0.39 is 5.97 Å². The normalized spacial score (nSPS) is 13.9. The number of aromatic nitrogens is 1. The number of carboxylic acid groups (broad SMARTS) is 1. The molecule has 0 aliphatic heterocycles. The highest BCUT2D eigenvalue weighted by atomic mass is 16.4. The standard InChI is InChI=1S/C21H19NO2/c1-14-7-5-12-18-19(14)16-10-6-11-17(21(23)24)20(16)22(18)13-15-8-3-2-4-9-15/h2-4,6,8-11H,1,5,7,12-13H2,(H,23,24). The molecule has 24 heavy (non-hydrogen) atoms. The molecule has 0 radical (unpaired) electrons. The average Bonchev–Trinajstić information content (AvgIpc) is 2.91. The number of aromatic carboxylic acids is 1. The molecule has 0 fully saturated rings. The summed E-state index contributed by atoms with van der Waals surface area (Å²) in [5, 5.41) is 10.7. The van der Waals surface area contributed by atoms with Gasteiger partial charge in [0.2, 0.25) is 0 Å². The van der Waals surface area contributed by atoms with E-state index in [1.54, 1.807) is 6.07 Å². The van der Waals surface area contributed by atoms with Gasteiger partial charge in [0.05, 0.1) is 11.1 Å². The number of rotatable bonds is 3. The summed E-state index contributed by atoms with van der Waals surface area (Å²) in [5.41, 5.74) is 5.87. The van der Waals surface area contributed by atoms with Gasteiger partial charge in [-0.05, 0) is 36.5 Å². The van der Waals surface area contributed by atoms with Gasteiger partial charge >= 0.3 is 5.97 Å². The molecule has 0 bridgehead atoms. The molecule has 0 atom stereocenters. The monoisotopic (exact) mass is 317 g/mol. The molecular formula is C21H19NO2. The molecule has 0 amide bonds. The largest absolute Gasteiger partial charge is 0.478 e. The van der Waals surface area contributed by atoms with Crippen molar-refractivity contribution in [2.24, 2.45) is 0 Å². The molecule has 1 N–H and O–H groups in total. The van der Waals surface area contributed by atoms with Gasteiger partial charge in [0.1, 0.15) is 0 Å². The van der Waals surface area contributed by atoms with Crippen LogP contribution in [0.1, 0.15) is 40.0 Å². The Hall–Kier alpha value is -2.81. The lowest BCUT2D eigenvalue weighted by atomic mass is 9.91. The van der Waals surface area contributed by atoms with E-state index in [9.17, 15) is 9.90 Å². The van der Waals surface area contributed by atoms with E-state index in [1.807, 2.05) is 30.3 Å². The highest BCUT2D eigenvalue weighted by Crippen LogP contribution is 2.39. The van der Waals surface area contributed by atoms with Gasteiger partial charge in [-0.3, -0.25) is 0 Å². The topological polar surface area (TPSA) is 42.2 Å². The Morgan fingerprint density at radius 1 is 1.08 bits per heavy atom. The van der Waals surface area contributed by atoms with Crippen LogP contribution in [-0.4, -0.2) is 15.6 Å². The number of nitrogens with zero attached hydrogens (tertiary/aromatic N) is 1. The summed E-state index contributed by atoms with van der Waals surface area (Å²) < 4.78 is 2.19. The van der Waals surface area contributed by atoms with Crippen molar-refractivity contribution in [3.8, 4) is 0 Å². The molecule has 1 aromatic heterocycles. The van der Waals surface area contributed by atoms with E-state index in [-0.39, 0.29) is 0 Å². The number of carboxylic acids is 1. The van der Waals surface area contributed by atoms with Gasteiger partial charge in [-0.15, -0.1) is 0 Å². The SMILES string of the molecule is C=C1CCCc2c1c1cccc(C(=O)O)c1n2Cc1ccccc1. The van der Waals surface area contributed by atoms with Crippen LogP contribution in [0.15, 0.2) is 55.1 Å². The van der Waals surface area contributed by atoms with Crippen LogP contribution >= 0.6 is 0 Å². The molecule has 1 aliphatic rings. The molecule has 0 spiro atoms. The van der Waals surface area contributed by atoms with Crippen molar-refractivity contribution in [3.05, 3.63) is 77.5 Å². The Balaban J connectivity index is 2.03. The Morgan fingerprint density at radius 3 is 2.62 bits per heavy atom. The first-order valence-electron chi connectivity index (χ1n) is 8.26. The van der Waals surface area contributed by atoms with Gasteiger partial charge in [-0.2, -0.15) is 0 Å². The van der Waals surface area contributed by atoms with Crippen LogP contribution in [-0.2, 0) is 13.0 Å². The molecule has 3 heteroatoms. The summed E-state index contributed by atoms with van der Waals surface area (Å²) in [5.74, 6) is -0.879. The number of carbonyl (C=O) groups is 1. The van der Waals surface area contributed by atoms with Gasteiger partial charge < -0.3 is 9.67 Å². The number of para-hydroxylation sites is 1. The number of fused-ring (bicyclic) bond motifs is 3. The molecule has 3 nitrogen and oxygen atoms in total. The molecule has 1 aliphatic carbocycles. The van der Waals surface area contributed by atoms with Crippen LogP contribution in [0, 0.1) is 0 Å². The molecule has 120 valence electrons. The zero-order valence-electron chi connectivity index (χ0n) is 13.5. The summed E-state index contributed by atoms with van der Waals surface area (Å²) >= 11 is 0. The molecule has 4 rings (SSSR count). The average molecular weight is 317 g/mol.